The van der Waals surface area contributed by atoms with Gasteiger partial charge in [0.15, 0.2) is 0 Å². The Morgan fingerprint density at radius 2 is 2.00 bits per heavy atom. The summed E-state index contributed by atoms with van der Waals surface area (Å²) in [7, 11) is 0. The van der Waals surface area contributed by atoms with Crippen LogP contribution in [0.2, 0.25) is 0 Å². The average Bonchev–Trinajstić information content (AvgIpc) is 2.29. The molecule has 0 bridgehead atoms. The fourth-order valence-electron chi connectivity index (χ4n) is 1.63. The quantitative estimate of drug-likeness (QED) is 0.688. The van der Waals surface area contributed by atoms with Gasteiger partial charge in [-0.2, -0.15) is 0 Å². The Bertz CT molecular complexity index is 420. The first kappa shape index (κ1) is 16.0. The Kier molecular flexibility index (Phi) is 6.63. The summed E-state index contributed by atoms with van der Waals surface area (Å²) < 4.78 is 1.91. The number of rotatable bonds is 5. The number of benzene rings is 1. The minimum atomic E-state index is 0.0111. The maximum Gasteiger partial charge on any atom is 0.252 e. The molecular weight excluding hydrogens is 405 g/mol. The van der Waals surface area contributed by atoms with E-state index in [4.69, 9.17) is 0 Å². The van der Waals surface area contributed by atoms with Crippen LogP contribution in [0.3, 0.4) is 0 Å². The minimum absolute atomic E-state index is 0.0111. The number of halogens is 2. The third-order valence-electron chi connectivity index (χ3n) is 2.73. The fraction of sp³-hybridized carbons (Fsp3) is 0.500. The summed E-state index contributed by atoms with van der Waals surface area (Å²) in [4.78, 5) is 12.1. The molecule has 1 aromatic carbocycles. The molecule has 2 nitrogen and oxygen atoms in total. The van der Waals surface area contributed by atoms with E-state index in [-0.39, 0.29) is 11.9 Å². The summed E-state index contributed by atoms with van der Waals surface area (Å²) in [5.74, 6) is 0.687. The molecule has 0 fully saturated rings. The van der Waals surface area contributed by atoms with Crippen molar-refractivity contribution < 1.29 is 4.79 Å². The molecule has 1 N–H and O–H groups in total. The molecule has 0 aromatic heterocycles. The van der Waals surface area contributed by atoms with Crippen LogP contribution >= 0.6 is 38.5 Å². The molecule has 0 heterocycles. The predicted octanol–water partition coefficient (Wildman–Crippen LogP) is 4.61. The zero-order chi connectivity index (χ0) is 13.7. The van der Waals surface area contributed by atoms with Gasteiger partial charge in [-0.15, -0.1) is 0 Å². The Morgan fingerprint density at radius 3 is 2.61 bits per heavy atom. The number of amides is 1. The summed E-state index contributed by atoms with van der Waals surface area (Å²) in [5.41, 5.74) is 0.737. The maximum absolute atomic E-state index is 12.1. The first-order valence-electron chi connectivity index (χ1n) is 6.16. The predicted molar refractivity (Wildman–Crippen MR) is 87.9 cm³/mol. The van der Waals surface area contributed by atoms with E-state index in [1.54, 1.807) is 0 Å². The van der Waals surface area contributed by atoms with Crippen molar-refractivity contribution >= 4 is 44.4 Å². The van der Waals surface area contributed by atoms with Crippen LogP contribution in [0.1, 0.15) is 44.0 Å². The van der Waals surface area contributed by atoms with Gasteiger partial charge in [-0.3, -0.25) is 4.79 Å². The first-order valence-corrected chi connectivity index (χ1v) is 8.03. The molecular formula is C14H19BrINO. The van der Waals surface area contributed by atoms with E-state index in [0.717, 1.165) is 26.4 Å². The second-order valence-electron chi connectivity index (χ2n) is 4.97. The Labute approximate surface area is 131 Å². The van der Waals surface area contributed by atoms with Crippen molar-refractivity contribution in [3.05, 3.63) is 31.8 Å². The van der Waals surface area contributed by atoms with Gasteiger partial charge in [0.05, 0.1) is 5.56 Å². The zero-order valence-electron chi connectivity index (χ0n) is 11.0. The van der Waals surface area contributed by atoms with Crippen molar-refractivity contribution in [1.82, 2.24) is 5.32 Å². The molecule has 0 saturated heterocycles. The SMILES string of the molecule is CC(C)CCC(C)NC(=O)c1cc(Br)ccc1I. The zero-order valence-corrected chi connectivity index (χ0v) is 14.7. The molecule has 0 radical (unpaired) electrons. The largest absolute Gasteiger partial charge is 0.350 e. The highest BCUT2D eigenvalue weighted by Gasteiger charge is 2.13. The lowest BCUT2D eigenvalue weighted by Gasteiger charge is -2.15. The van der Waals surface area contributed by atoms with E-state index in [0.29, 0.717) is 5.92 Å². The second-order valence-corrected chi connectivity index (χ2v) is 7.05. The molecule has 1 aromatic rings. The Morgan fingerprint density at radius 1 is 1.33 bits per heavy atom. The number of carbonyl (C=O) groups is 1. The van der Waals surface area contributed by atoms with Crippen LogP contribution in [-0.2, 0) is 0 Å². The normalized spacial score (nSPS) is 12.6. The standard InChI is InChI=1S/C14H19BrINO/c1-9(2)4-5-10(3)17-14(18)12-8-11(15)6-7-13(12)16/h6-10H,4-5H2,1-3H3,(H,17,18). The molecule has 0 aliphatic carbocycles. The summed E-state index contributed by atoms with van der Waals surface area (Å²) >= 11 is 5.59. The number of nitrogens with one attached hydrogen (secondary N) is 1. The molecule has 4 heteroatoms. The lowest BCUT2D eigenvalue weighted by molar-refractivity contribution is 0.0936. The van der Waals surface area contributed by atoms with E-state index < -0.39 is 0 Å². The lowest BCUT2D eigenvalue weighted by atomic mass is 10.0. The van der Waals surface area contributed by atoms with Crippen molar-refractivity contribution in [2.75, 3.05) is 0 Å². The fourth-order valence-corrected chi connectivity index (χ4v) is 2.57. The molecule has 1 unspecified atom stereocenters. The lowest BCUT2D eigenvalue weighted by Crippen LogP contribution is -2.33. The second kappa shape index (κ2) is 7.48. The van der Waals surface area contributed by atoms with Crippen LogP contribution in [0, 0.1) is 9.49 Å². The van der Waals surface area contributed by atoms with Crippen molar-refractivity contribution in [3.63, 3.8) is 0 Å². The molecule has 1 rings (SSSR count). The van der Waals surface area contributed by atoms with Crippen LogP contribution in [0.5, 0.6) is 0 Å². The van der Waals surface area contributed by atoms with Crippen molar-refractivity contribution in [2.24, 2.45) is 5.92 Å². The summed E-state index contributed by atoms with van der Waals surface area (Å²) in [5, 5.41) is 3.06. The van der Waals surface area contributed by atoms with E-state index in [1.807, 2.05) is 18.2 Å². The first-order chi connectivity index (χ1) is 8.40. The molecule has 1 atom stereocenters. The Balaban J connectivity index is 2.62. The van der Waals surface area contributed by atoms with Crippen molar-refractivity contribution in [3.8, 4) is 0 Å². The van der Waals surface area contributed by atoms with Gasteiger partial charge in [0.2, 0.25) is 0 Å². The number of hydrogen-bond donors (Lipinski definition) is 1. The summed E-state index contributed by atoms with van der Waals surface area (Å²) in [6.07, 6.45) is 2.16. The third kappa shape index (κ3) is 5.26. The van der Waals surface area contributed by atoms with Gasteiger partial charge in [0.25, 0.3) is 5.91 Å². The summed E-state index contributed by atoms with van der Waals surface area (Å²) in [6, 6.07) is 5.97. The number of carbonyl (C=O) groups excluding carboxylic acids is 1. The minimum Gasteiger partial charge on any atom is -0.350 e. The number of hydrogen-bond acceptors (Lipinski definition) is 1. The molecule has 1 amide bonds. The summed E-state index contributed by atoms with van der Waals surface area (Å²) in [6.45, 7) is 6.46. The van der Waals surface area contributed by atoms with E-state index >= 15 is 0 Å². The van der Waals surface area contributed by atoms with Crippen LogP contribution in [0.15, 0.2) is 22.7 Å². The van der Waals surface area contributed by atoms with Gasteiger partial charge in [0.1, 0.15) is 0 Å². The molecule has 0 saturated carbocycles. The van der Waals surface area contributed by atoms with Crippen LogP contribution in [0.4, 0.5) is 0 Å². The monoisotopic (exact) mass is 423 g/mol. The molecule has 0 aliphatic heterocycles. The van der Waals surface area contributed by atoms with Crippen LogP contribution < -0.4 is 5.32 Å². The van der Waals surface area contributed by atoms with Gasteiger partial charge in [0, 0.05) is 14.1 Å². The van der Waals surface area contributed by atoms with E-state index in [2.05, 4.69) is 64.6 Å². The maximum atomic E-state index is 12.1. The highest BCUT2D eigenvalue weighted by Crippen LogP contribution is 2.18. The van der Waals surface area contributed by atoms with Gasteiger partial charge in [-0.05, 0) is 66.5 Å². The highest BCUT2D eigenvalue weighted by molar-refractivity contribution is 14.1. The van der Waals surface area contributed by atoms with Crippen molar-refractivity contribution in [2.45, 2.75) is 39.7 Å². The van der Waals surface area contributed by atoms with E-state index in [9.17, 15) is 4.79 Å². The van der Waals surface area contributed by atoms with Gasteiger partial charge >= 0.3 is 0 Å². The highest BCUT2D eigenvalue weighted by atomic mass is 127. The topological polar surface area (TPSA) is 29.1 Å². The molecule has 0 spiro atoms. The van der Waals surface area contributed by atoms with Gasteiger partial charge in [-0.1, -0.05) is 29.8 Å². The van der Waals surface area contributed by atoms with Gasteiger partial charge < -0.3 is 5.32 Å². The third-order valence-corrected chi connectivity index (χ3v) is 4.16. The molecule has 100 valence electrons. The van der Waals surface area contributed by atoms with Gasteiger partial charge in [-0.25, -0.2) is 0 Å². The van der Waals surface area contributed by atoms with E-state index in [1.165, 1.54) is 0 Å². The molecule has 18 heavy (non-hydrogen) atoms. The smallest absolute Gasteiger partial charge is 0.252 e. The Hall–Kier alpha value is -0.100. The van der Waals surface area contributed by atoms with Crippen LogP contribution in [0.25, 0.3) is 0 Å². The average molecular weight is 424 g/mol. The van der Waals surface area contributed by atoms with Crippen LogP contribution in [-0.4, -0.2) is 11.9 Å². The van der Waals surface area contributed by atoms with Crippen molar-refractivity contribution in [1.29, 1.82) is 0 Å². The molecule has 0 aliphatic rings.